The van der Waals surface area contributed by atoms with Crippen molar-refractivity contribution in [2.24, 2.45) is 0 Å². The van der Waals surface area contributed by atoms with Gasteiger partial charge in [-0.05, 0) is 59.2 Å². The van der Waals surface area contributed by atoms with Crippen molar-refractivity contribution in [3.63, 3.8) is 0 Å². The van der Waals surface area contributed by atoms with Crippen molar-refractivity contribution < 1.29 is 13.2 Å². The van der Waals surface area contributed by atoms with Crippen LogP contribution in [0.3, 0.4) is 0 Å². The van der Waals surface area contributed by atoms with Crippen molar-refractivity contribution in [2.75, 3.05) is 18.5 Å². The first-order valence-electron chi connectivity index (χ1n) is 7.52. The minimum absolute atomic E-state index is 0.186. The van der Waals surface area contributed by atoms with Crippen LogP contribution in [0.1, 0.15) is 40.2 Å². The lowest BCUT2D eigenvalue weighted by molar-refractivity contribution is 0.0870. The lowest BCUT2D eigenvalue weighted by Crippen LogP contribution is -2.40. The van der Waals surface area contributed by atoms with Gasteiger partial charge in [0.25, 0.3) is 0 Å². The summed E-state index contributed by atoms with van der Waals surface area (Å²) in [5, 5.41) is 3.23. The highest BCUT2D eigenvalue weighted by molar-refractivity contribution is 7.89. The molecule has 0 aromatic heterocycles. The second kappa shape index (κ2) is 7.44. The number of anilines is 1. The number of sulfonamides is 1. The maximum absolute atomic E-state index is 12.5. The second-order valence-electron chi connectivity index (χ2n) is 6.63. The Balaban J connectivity index is 2.89. The number of hydrogen-bond acceptors (Lipinski definition) is 4. The van der Waals surface area contributed by atoms with Crippen LogP contribution in [0.15, 0.2) is 23.1 Å². The lowest BCUT2D eigenvalue weighted by atomic mass is 10.1. The van der Waals surface area contributed by atoms with Gasteiger partial charge in [0, 0.05) is 17.8 Å². The number of ether oxygens (including phenoxy) is 1. The zero-order chi connectivity index (χ0) is 17.0. The van der Waals surface area contributed by atoms with Crippen LogP contribution in [-0.4, -0.2) is 33.2 Å². The minimum Gasteiger partial charge on any atom is -0.382 e. The molecule has 0 fully saturated rings. The SMILES string of the molecule is Cc1c(NCCOC(C)C)cccc1S(=O)(=O)NC(C)(C)C. The normalized spacial score (nSPS) is 12.7. The van der Waals surface area contributed by atoms with Crippen molar-refractivity contribution in [3.8, 4) is 0 Å². The van der Waals surface area contributed by atoms with Crippen LogP contribution in [-0.2, 0) is 14.8 Å². The summed E-state index contributed by atoms with van der Waals surface area (Å²) in [7, 11) is -3.54. The van der Waals surface area contributed by atoms with Crippen LogP contribution in [0.25, 0.3) is 0 Å². The third-order valence-electron chi connectivity index (χ3n) is 2.88. The molecule has 126 valence electrons. The van der Waals surface area contributed by atoms with E-state index >= 15 is 0 Å². The van der Waals surface area contributed by atoms with Crippen molar-refractivity contribution in [3.05, 3.63) is 23.8 Å². The van der Waals surface area contributed by atoms with Crippen molar-refractivity contribution in [1.29, 1.82) is 0 Å². The Hall–Kier alpha value is -1.11. The predicted octanol–water partition coefficient (Wildman–Crippen LogP) is 2.91. The fourth-order valence-corrected chi connectivity index (χ4v) is 3.72. The second-order valence-corrected chi connectivity index (χ2v) is 8.28. The van der Waals surface area contributed by atoms with E-state index in [4.69, 9.17) is 4.74 Å². The summed E-state index contributed by atoms with van der Waals surface area (Å²) in [5.74, 6) is 0. The first kappa shape index (κ1) is 18.9. The Morgan fingerprint density at radius 3 is 2.41 bits per heavy atom. The van der Waals surface area contributed by atoms with E-state index in [0.717, 1.165) is 5.69 Å². The van der Waals surface area contributed by atoms with Gasteiger partial charge in [-0.25, -0.2) is 13.1 Å². The zero-order valence-corrected chi connectivity index (χ0v) is 15.2. The van der Waals surface area contributed by atoms with Gasteiger partial charge in [0.2, 0.25) is 10.0 Å². The Labute approximate surface area is 134 Å². The van der Waals surface area contributed by atoms with Crippen molar-refractivity contribution in [2.45, 2.75) is 58.1 Å². The maximum Gasteiger partial charge on any atom is 0.241 e. The molecule has 1 aromatic rings. The van der Waals surface area contributed by atoms with Gasteiger partial charge in [-0.1, -0.05) is 6.07 Å². The smallest absolute Gasteiger partial charge is 0.241 e. The van der Waals surface area contributed by atoms with E-state index in [1.807, 2.05) is 47.6 Å². The largest absolute Gasteiger partial charge is 0.382 e. The molecule has 22 heavy (non-hydrogen) atoms. The molecule has 6 heteroatoms. The molecule has 1 aromatic carbocycles. The average Bonchev–Trinajstić information content (AvgIpc) is 2.32. The summed E-state index contributed by atoms with van der Waals surface area (Å²) in [4.78, 5) is 0.303. The molecule has 0 aliphatic carbocycles. The quantitative estimate of drug-likeness (QED) is 0.755. The summed E-state index contributed by atoms with van der Waals surface area (Å²) in [6, 6.07) is 5.25. The Kier molecular flexibility index (Phi) is 6.40. The van der Waals surface area contributed by atoms with Crippen molar-refractivity contribution in [1.82, 2.24) is 4.72 Å². The molecular weight excluding hydrogens is 300 g/mol. The fourth-order valence-electron chi connectivity index (χ4n) is 2.04. The molecule has 0 spiro atoms. The molecule has 0 saturated heterocycles. The number of rotatable bonds is 7. The molecule has 0 amide bonds. The van der Waals surface area contributed by atoms with E-state index in [1.54, 1.807) is 12.1 Å². The van der Waals surface area contributed by atoms with Crippen LogP contribution in [0.4, 0.5) is 5.69 Å². The standard InChI is InChI=1S/C16H28N2O3S/c1-12(2)21-11-10-17-14-8-7-9-15(13(14)3)22(19,20)18-16(4,5)6/h7-9,12,17-18H,10-11H2,1-6H3. The average molecular weight is 328 g/mol. The summed E-state index contributed by atoms with van der Waals surface area (Å²) < 4.78 is 33.1. The van der Waals surface area contributed by atoms with Crippen LogP contribution in [0, 0.1) is 6.92 Å². The first-order valence-corrected chi connectivity index (χ1v) is 9.00. The van der Waals surface area contributed by atoms with E-state index < -0.39 is 15.6 Å². The van der Waals surface area contributed by atoms with Gasteiger partial charge in [0.1, 0.15) is 0 Å². The van der Waals surface area contributed by atoms with Gasteiger partial charge < -0.3 is 10.1 Å². The first-order chi connectivity index (χ1) is 10.0. The van der Waals surface area contributed by atoms with Crippen molar-refractivity contribution >= 4 is 15.7 Å². The van der Waals surface area contributed by atoms with Crippen LogP contribution < -0.4 is 10.0 Å². The monoisotopic (exact) mass is 328 g/mol. The van der Waals surface area contributed by atoms with E-state index in [2.05, 4.69) is 10.0 Å². The molecule has 1 rings (SSSR count). The van der Waals surface area contributed by atoms with Gasteiger partial charge in [0.15, 0.2) is 0 Å². The highest BCUT2D eigenvalue weighted by atomic mass is 32.2. The Bertz CT molecular complexity index is 590. The van der Waals surface area contributed by atoms with Gasteiger partial charge in [0.05, 0.1) is 17.6 Å². The van der Waals surface area contributed by atoms with Gasteiger partial charge in [-0.2, -0.15) is 0 Å². The third-order valence-corrected chi connectivity index (χ3v) is 4.79. The highest BCUT2D eigenvalue weighted by Crippen LogP contribution is 2.23. The molecule has 0 aliphatic rings. The third kappa shape index (κ3) is 5.94. The van der Waals surface area contributed by atoms with Crippen LogP contribution >= 0.6 is 0 Å². The van der Waals surface area contributed by atoms with Gasteiger partial charge >= 0.3 is 0 Å². The molecular formula is C16H28N2O3S. The minimum atomic E-state index is -3.54. The van der Waals surface area contributed by atoms with E-state index in [-0.39, 0.29) is 6.10 Å². The zero-order valence-electron chi connectivity index (χ0n) is 14.4. The van der Waals surface area contributed by atoms with Crippen LogP contribution in [0.2, 0.25) is 0 Å². The molecule has 2 N–H and O–H groups in total. The number of hydrogen-bond donors (Lipinski definition) is 2. The number of benzene rings is 1. The molecule has 0 heterocycles. The van der Waals surface area contributed by atoms with E-state index in [0.29, 0.717) is 23.6 Å². The van der Waals surface area contributed by atoms with E-state index in [1.165, 1.54) is 0 Å². The summed E-state index contributed by atoms with van der Waals surface area (Å²) in [5.41, 5.74) is 1.01. The topological polar surface area (TPSA) is 67.4 Å². The van der Waals surface area contributed by atoms with Gasteiger partial charge in [-0.15, -0.1) is 0 Å². The lowest BCUT2D eigenvalue weighted by Gasteiger charge is -2.22. The predicted molar refractivity (Wildman–Crippen MR) is 90.8 cm³/mol. The van der Waals surface area contributed by atoms with Crippen LogP contribution in [0.5, 0.6) is 0 Å². The molecule has 0 saturated carbocycles. The maximum atomic E-state index is 12.5. The molecule has 0 radical (unpaired) electrons. The van der Waals surface area contributed by atoms with E-state index in [9.17, 15) is 8.42 Å². The molecule has 5 nitrogen and oxygen atoms in total. The fraction of sp³-hybridized carbons (Fsp3) is 0.625. The Morgan fingerprint density at radius 2 is 1.86 bits per heavy atom. The summed E-state index contributed by atoms with van der Waals surface area (Å²) in [6.07, 6.45) is 0.186. The molecule has 0 bridgehead atoms. The number of nitrogens with one attached hydrogen (secondary N) is 2. The van der Waals surface area contributed by atoms with Gasteiger partial charge in [-0.3, -0.25) is 0 Å². The highest BCUT2D eigenvalue weighted by Gasteiger charge is 2.24. The summed E-state index contributed by atoms with van der Waals surface area (Å²) in [6.45, 7) is 12.5. The Morgan fingerprint density at radius 1 is 1.23 bits per heavy atom. The molecule has 0 aliphatic heterocycles. The molecule has 0 atom stereocenters. The summed E-state index contributed by atoms with van der Waals surface area (Å²) >= 11 is 0. The molecule has 0 unspecified atom stereocenters.